The monoisotopic (exact) mass is 356 g/mol. The number of hydrogen-bond acceptors (Lipinski definition) is 5. The Morgan fingerprint density at radius 1 is 1.22 bits per heavy atom. The first-order valence-corrected chi connectivity index (χ1v) is 8.52. The lowest BCUT2D eigenvalue weighted by atomic mass is 10.1. The van der Waals surface area contributed by atoms with E-state index in [1.54, 1.807) is 31.6 Å². The van der Waals surface area contributed by atoms with Gasteiger partial charge in [0, 0.05) is 10.9 Å². The van der Waals surface area contributed by atoms with E-state index in [1.807, 2.05) is 6.07 Å². The normalized spacial score (nSPS) is 11.9. The van der Waals surface area contributed by atoms with Crippen molar-refractivity contribution < 1.29 is 17.9 Å². The van der Waals surface area contributed by atoms with Gasteiger partial charge in [-0.1, -0.05) is 11.8 Å². The molecule has 0 N–H and O–H groups in total. The molecule has 3 nitrogen and oxygen atoms in total. The second-order valence-electron chi connectivity index (χ2n) is 4.63. The molecule has 23 heavy (non-hydrogen) atoms. The van der Waals surface area contributed by atoms with Gasteiger partial charge in [0.15, 0.2) is 5.16 Å². The minimum absolute atomic E-state index is 0.0861. The van der Waals surface area contributed by atoms with Gasteiger partial charge in [0.1, 0.15) is 11.3 Å². The zero-order valence-electron chi connectivity index (χ0n) is 12.1. The van der Waals surface area contributed by atoms with E-state index in [4.69, 9.17) is 4.74 Å². The van der Waals surface area contributed by atoms with Crippen LogP contribution in [0.4, 0.5) is 13.2 Å². The highest BCUT2D eigenvalue weighted by Crippen LogP contribution is 2.41. The summed E-state index contributed by atoms with van der Waals surface area (Å²) in [5.74, 6) is 0.662. The number of alkyl halides is 3. The van der Waals surface area contributed by atoms with E-state index in [1.165, 1.54) is 23.1 Å². The molecule has 0 aliphatic carbocycles. The number of thiophene rings is 1. The maximum atomic E-state index is 13.2. The molecule has 0 spiro atoms. The molecule has 3 aromatic rings. The summed E-state index contributed by atoms with van der Waals surface area (Å²) < 4.78 is 45.7. The molecular formula is C15H11F3N2OS2. The average molecular weight is 356 g/mol. The fourth-order valence-electron chi connectivity index (χ4n) is 2.11. The summed E-state index contributed by atoms with van der Waals surface area (Å²) in [5, 5.41) is 1.16. The third-order valence-corrected chi connectivity index (χ3v) is 4.88. The molecule has 1 aromatic carbocycles. The quantitative estimate of drug-likeness (QED) is 0.483. The molecule has 3 rings (SSSR count). The lowest BCUT2D eigenvalue weighted by Gasteiger charge is -2.10. The summed E-state index contributed by atoms with van der Waals surface area (Å²) in [6.45, 7) is 0. The van der Waals surface area contributed by atoms with Crippen LogP contribution >= 0.6 is 23.1 Å². The standard InChI is InChI=1S/C15H11F3N2OS2/c1-21-9-4-3-8-5-12(23-11(8)6-9)13-10(15(16,17)18)7-19-14(20-13)22-2/h3-7H,1-2H3. The van der Waals surface area contributed by atoms with Crippen molar-refractivity contribution in [1.82, 2.24) is 9.97 Å². The van der Waals surface area contributed by atoms with Crippen LogP contribution in [0.5, 0.6) is 5.75 Å². The first-order valence-electron chi connectivity index (χ1n) is 6.48. The van der Waals surface area contributed by atoms with Crippen molar-refractivity contribution in [3.8, 4) is 16.3 Å². The van der Waals surface area contributed by atoms with Crippen LogP contribution in [0.1, 0.15) is 5.56 Å². The van der Waals surface area contributed by atoms with Gasteiger partial charge in [-0.25, -0.2) is 9.97 Å². The number of hydrogen-bond donors (Lipinski definition) is 0. The van der Waals surface area contributed by atoms with Gasteiger partial charge < -0.3 is 4.74 Å². The van der Waals surface area contributed by atoms with Crippen molar-refractivity contribution in [1.29, 1.82) is 0 Å². The lowest BCUT2D eigenvalue weighted by Crippen LogP contribution is -2.09. The Kier molecular flexibility index (Phi) is 4.20. The van der Waals surface area contributed by atoms with E-state index < -0.39 is 11.7 Å². The van der Waals surface area contributed by atoms with Crippen LogP contribution in [0.15, 0.2) is 35.6 Å². The number of benzene rings is 1. The van der Waals surface area contributed by atoms with E-state index in [9.17, 15) is 13.2 Å². The third kappa shape index (κ3) is 3.13. The molecule has 0 bridgehead atoms. The minimum atomic E-state index is -4.50. The molecule has 0 radical (unpaired) electrons. The van der Waals surface area contributed by atoms with Crippen LogP contribution in [0.25, 0.3) is 20.7 Å². The van der Waals surface area contributed by atoms with E-state index in [2.05, 4.69) is 9.97 Å². The Balaban J connectivity index is 2.20. The van der Waals surface area contributed by atoms with E-state index in [0.29, 0.717) is 15.8 Å². The van der Waals surface area contributed by atoms with Crippen molar-refractivity contribution in [3.63, 3.8) is 0 Å². The Bertz CT molecular complexity index is 862. The van der Waals surface area contributed by atoms with E-state index in [-0.39, 0.29) is 5.69 Å². The number of rotatable bonds is 3. The molecule has 0 amide bonds. The zero-order chi connectivity index (χ0) is 16.6. The predicted molar refractivity (Wildman–Crippen MR) is 86.2 cm³/mol. The van der Waals surface area contributed by atoms with Gasteiger partial charge in [-0.05, 0) is 35.9 Å². The summed E-state index contributed by atoms with van der Waals surface area (Å²) in [4.78, 5) is 8.28. The smallest absolute Gasteiger partial charge is 0.420 e. The number of aromatic nitrogens is 2. The fraction of sp³-hybridized carbons (Fsp3) is 0.200. The number of ether oxygens (including phenoxy) is 1. The maximum Gasteiger partial charge on any atom is 0.420 e. The van der Waals surface area contributed by atoms with Crippen LogP contribution in [0.3, 0.4) is 0 Å². The van der Waals surface area contributed by atoms with Gasteiger partial charge in [0.25, 0.3) is 0 Å². The van der Waals surface area contributed by atoms with Crippen LogP contribution in [0, 0.1) is 0 Å². The zero-order valence-corrected chi connectivity index (χ0v) is 13.8. The highest BCUT2D eigenvalue weighted by atomic mass is 32.2. The predicted octanol–water partition coefficient (Wildman–Crippen LogP) is 5.11. The first-order chi connectivity index (χ1) is 10.9. The van der Waals surface area contributed by atoms with Crippen LogP contribution in [-0.2, 0) is 6.18 Å². The maximum absolute atomic E-state index is 13.2. The molecule has 2 heterocycles. The molecule has 0 aliphatic heterocycles. The molecule has 0 aliphatic rings. The first kappa shape index (κ1) is 16.1. The van der Waals surface area contributed by atoms with Crippen molar-refractivity contribution in [2.75, 3.05) is 13.4 Å². The number of nitrogens with zero attached hydrogens (tertiary/aromatic N) is 2. The molecule has 0 fully saturated rings. The van der Waals surface area contributed by atoms with Gasteiger partial charge >= 0.3 is 6.18 Å². The lowest BCUT2D eigenvalue weighted by molar-refractivity contribution is -0.137. The molecule has 0 saturated heterocycles. The molecule has 2 aromatic heterocycles. The molecule has 0 atom stereocenters. The largest absolute Gasteiger partial charge is 0.497 e. The summed E-state index contributed by atoms with van der Waals surface area (Å²) in [5.41, 5.74) is -0.911. The van der Waals surface area contributed by atoms with Gasteiger partial charge in [0.2, 0.25) is 0 Å². The van der Waals surface area contributed by atoms with Crippen molar-refractivity contribution >= 4 is 33.2 Å². The van der Waals surface area contributed by atoms with Crippen LogP contribution < -0.4 is 4.74 Å². The second kappa shape index (κ2) is 6.01. The van der Waals surface area contributed by atoms with Gasteiger partial charge in [0.05, 0.1) is 17.7 Å². The fourth-order valence-corrected chi connectivity index (χ4v) is 3.55. The highest BCUT2D eigenvalue weighted by molar-refractivity contribution is 7.98. The van der Waals surface area contributed by atoms with E-state index >= 15 is 0 Å². The molecule has 8 heteroatoms. The number of thioether (sulfide) groups is 1. The Hall–Kier alpha value is -1.80. The van der Waals surface area contributed by atoms with Crippen molar-refractivity contribution in [3.05, 3.63) is 36.0 Å². The van der Waals surface area contributed by atoms with Crippen LogP contribution in [-0.4, -0.2) is 23.3 Å². The summed E-state index contributed by atoms with van der Waals surface area (Å²) in [7, 11) is 1.55. The topological polar surface area (TPSA) is 35.0 Å². The van der Waals surface area contributed by atoms with Crippen molar-refractivity contribution in [2.24, 2.45) is 0 Å². The summed E-state index contributed by atoms with van der Waals surface area (Å²) >= 11 is 2.45. The van der Waals surface area contributed by atoms with Gasteiger partial charge in [-0.2, -0.15) is 13.2 Å². The Morgan fingerprint density at radius 3 is 2.65 bits per heavy atom. The summed E-state index contributed by atoms with van der Waals surface area (Å²) in [6.07, 6.45) is -1.93. The molecule has 0 unspecified atom stereocenters. The van der Waals surface area contributed by atoms with Crippen LogP contribution in [0.2, 0.25) is 0 Å². The highest BCUT2D eigenvalue weighted by Gasteiger charge is 2.35. The van der Waals surface area contributed by atoms with E-state index in [0.717, 1.165) is 16.3 Å². The van der Waals surface area contributed by atoms with Crippen molar-refractivity contribution in [2.45, 2.75) is 11.3 Å². The third-order valence-electron chi connectivity index (χ3n) is 3.22. The molecule has 120 valence electrons. The number of fused-ring (bicyclic) bond motifs is 1. The number of methoxy groups -OCH3 is 1. The summed E-state index contributed by atoms with van der Waals surface area (Å²) in [6, 6.07) is 7.10. The van der Waals surface area contributed by atoms with Gasteiger partial charge in [-0.15, -0.1) is 11.3 Å². The molecular weight excluding hydrogens is 345 g/mol. The SMILES string of the molecule is COc1ccc2cc(-c3nc(SC)ncc3C(F)(F)F)sc2c1. The molecule has 0 saturated carbocycles. The average Bonchev–Trinajstić information content (AvgIpc) is 2.96. The second-order valence-corrected chi connectivity index (χ2v) is 6.49. The minimum Gasteiger partial charge on any atom is -0.497 e. The number of halogens is 3. The Labute approximate surface area is 138 Å². The van der Waals surface area contributed by atoms with Gasteiger partial charge in [-0.3, -0.25) is 0 Å². The Morgan fingerprint density at radius 2 is 2.00 bits per heavy atom.